The molecule has 2 atom stereocenters. The first-order chi connectivity index (χ1) is 9.82. The minimum absolute atomic E-state index is 0.299. The van der Waals surface area contributed by atoms with Gasteiger partial charge >= 0.3 is 0 Å². The molecule has 21 heavy (non-hydrogen) atoms. The van der Waals surface area contributed by atoms with Crippen LogP contribution in [0.3, 0.4) is 0 Å². The summed E-state index contributed by atoms with van der Waals surface area (Å²) in [6, 6.07) is 0.334. The average molecular weight is 314 g/mol. The molecule has 7 heteroatoms. The number of nitrogens with zero attached hydrogens (tertiary/aromatic N) is 3. The van der Waals surface area contributed by atoms with Crippen LogP contribution >= 0.6 is 0 Å². The molecule has 0 amide bonds. The molecule has 1 aliphatic heterocycles. The van der Waals surface area contributed by atoms with Crippen molar-refractivity contribution in [2.75, 3.05) is 13.1 Å². The van der Waals surface area contributed by atoms with Gasteiger partial charge < -0.3 is 9.88 Å². The van der Waals surface area contributed by atoms with E-state index in [0.29, 0.717) is 25.0 Å². The topological polar surface area (TPSA) is 67.2 Å². The summed E-state index contributed by atoms with van der Waals surface area (Å²) in [6.45, 7) is 7.51. The lowest BCUT2D eigenvalue weighted by molar-refractivity contribution is 0.217. The molecule has 0 saturated carbocycles. The summed E-state index contributed by atoms with van der Waals surface area (Å²) in [5, 5.41) is 3.17. The average Bonchev–Trinajstić information content (AvgIpc) is 2.82. The van der Waals surface area contributed by atoms with Gasteiger partial charge in [-0.05, 0) is 26.2 Å². The van der Waals surface area contributed by atoms with Crippen LogP contribution in [0.25, 0.3) is 0 Å². The van der Waals surface area contributed by atoms with E-state index in [1.54, 1.807) is 24.3 Å². The molecular formula is C14H26N4O2S. The normalized spacial score (nSPS) is 24.6. The van der Waals surface area contributed by atoms with Crippen molar-refractivity contribution >= 4 is 10.0 Å². The number of hydrogen-bond acceptors (Lipinski definition) is 4. The number of nitrogens with one attached hydrogen (secondary N) is 1. The standard InChI is InChI=1S/C14H26N4O2S/c1-11(2)21(19,20)18-7-5-13(12(3)10-18)16-9-14-15-6-8-17(14)4/h6,8,11-13,16H,5,7,9-10H2,1-4H3/t12-,13-/m1/s1. The van der Waals surface area contributed by atoms with Gasteiger partial charge in [0.1, 0.15) is 5.82 Å². The van der Waals surface area contributed by atoms with Crippen molar-refractivity contribution in [3.8, 4) is 0 Å². The van der Waals surface area contributed by atoms with Gasteiger partial charge in [-0.3, -0.25) is 0 Å². The van der Waals surface area contributed by atoms with Crippen molar-refractivity contribution in [1.29, 1.82) is 0 Å². The predicted octanol–water partition coefficient (Wildman–Crippen LogP) is 0.958. The first kappa shape index (κ1) is 16.5. The summed E-state index contributed by atoms with van der Waals surface area (Å²) in [5.74, 6) is 1.30. The van der Waals surface area contributed by atoms with E-state index in [-0.39, 0.29) is 5.25 Å². The third-order valence-electron chi connectivity index (χ3n) is 4.27. The highest BCUT2D eigenvalue weighted by Gasteiger charge is 2.33. The Morgan fingerprint density at radius 3 is 2.71 bits per heavy atom. The molecule has 0 unspecified atom stereocenters. The summed E-state index contributed by atoms with van der Waals surface area (Å²) < 4.78 is 28.1. The van der Waals surface area contributed by atoms with Crippen molar-refractivity contribution in [3.63, 3.8) is 0 Å². The second-order valence-corrected chi connectivity index (χ2v) is 8.65. The van der Waals surface area contributed by atoms with Crippen LogP contribution in [0.15, 0.2) is 12.4 Å². The molecule has 2 rings (SSSR count). The molecule has 1 N–H and O–H groups in total. The highest BCUT2D eigenvalue weighted by Crippen LogP contribution is 2.21. The summed E-state index contributed by atoms with van der Waals surface area (Å²) in [6.07, 6.45) is 4.56. The maximum Gasteiger partial charge on any atom is 0.216 e. The fraction of sp³-hybridized carbons (Fsp3) is 0.786. The molecule has 0 radical (unpaired) electrons. The zero-order valence-electron chi connectivity index (χ0n) is 13.3. The third-order valence-corrected chi connectivity index (χ3v) is 6.51. The smallest absolute Gasteiger partial charge is 0.216 e. The molecule has 6 nitrogen and oxygen atoms in total. The number of hydrogen-bond donors (Lipinski definition) is 1. The van der Waals surface area contributed by atoms with Crippen LogP contribution in [0.1, 0.15) is 33.0 Å². The van der Waals surface area contributed by atoms with Crippen LogP contribution in [0.2, 0.25) is 0 Å². The van der Waals surface area contributed by atoms with Crippen molar-refractivity contribution < 1.29 is 8.42 Å². The molecule has 1 aliphatic rings. The maximum absolute atomic E-state index is 12.2. The van der Waals surface area contributed by atoms with Gasteiger partial charge in [-0.25, -0.2) is 17.7 Å². The van der Waals surface area contributed by atoms with Gasteiger partial charge in [0.05, 0.1) is 11.8 Å². The Hall–Kier alpha value is -0.920. The Balaban J connectivity index is 1.91. The van der Waals surface area contributed by atoms with E-state index in [0.717, 1.165) is 18.8 Å². The number of sulfonamides is 1. The summed E-state index contributed by atoms with van der Waals surface area (Å²) >= 11 is 0. The molecule has 0 bridgehead atoms. The molecule has 2 heterocycles. The van der Waals surface area contributed by atoms with E-state index in [9.17, 15) is 8.42 Å². The van der Waals surface area contributed by atoms with Crippen LogP contribution in [-0.2, 0) is 23.6 Å². The van der Waals surface area contributed by atoms with E-state index >= 15 is 0 Å². The Kier molecular flexibility index (Phi) is 5.06. The van der Waals surface area contributed by atoms with Crippen LogP contribution in [0, 0.1) is 5.92 Å². The molecule has 1 saturated heterocycles. The monoisotopic (exact) mass is 314 g/mol. The van der Waals surface area contributed by atoms with E-state index in [4.69, 9.17) is 0 Å². The zero-order chi connectivity index (χ0) is 15.6. The van der Waals surface area contributed by atoms with E-state index in [2.05, 4.69) is 17.2 Å². The van der Waals surface area contributed by atoms with Crippen molar-refractivity contribution in [3.05, 3.63) is 18.2 Å². The zero-order valence-corrected chi connectivity index (χ0v) is 14.1. The van der Waals surface area contributed by atoms with Crippen molar-refractivity contribution in [1.82, 2.24) is 19.2 Å². The number of piperidine rings is 1. The SMILES string of the molecule is CC(C)S(=O)(=O)N1CC[C@@H](NCc2nccn2C)[C@H](C)C1. The fourth-order valence-electron chi connectivity index (χ4n) is 2.73. The Morgan fingerprint density at radius 2 is 2.19 bits per heavy atom. The van der Waals surface area contributed by atoms with Gasteiger partial charge in [0.25, 0.3) is 0 Å². The molecule has 1 fully saturated rings. The predicted molar refractivity (Wildman–Crippen MR) is 83.2 cm³/mol. The van der Waals surface area contributed by atoms with Gasteiger partial charge in [0.2, 0.25) is 10.0 Å². The Morgan fingerprint density at radius 1 is 1.48 bits per heavy atom. The van der Waals surface area contributed by atoms with Crippen molar-refractivity contribution in [2.45, 2.75) is 45.0 Å². The first-order valence-corrected chi connectivity index (χ1v) is 9.01. The van der Waals surface area contributed by atoms with Crippen LogP contribution in [0.4, 0.5) is 0 Å². The first-order valence-electron chi connectivity index (χ1n) is 7.51. The van der Waals surface area contributed by atoms with Crippen molar-refractivity contribution in [2.24, 2.45) is 13.0 Å². The van der Waals surface area contributed by atoms with Gasteiger partial charge in [0, 0.05) is 38.6 Å². The van der Waals surface area contributed by atoms with Gasteiger partial charge in [-0.15, -0.1) is 0 Å². The summed E-state index contributed by atoms with van der Waals surface area (Å²) in [5.41, 5.74) is 0. The van der Waals surface area contributed by atoms with Crippen LogP contribution in [-0.4, -0.2) is 46.7 Å². The maximum atomic E-state index is 12.2. The minimum atomic E-state index is -3.13. The summed E-state index contributed by atoms with van der Waals surface area (Å²) in [7, 11) is -1.15. The quantitative estimate of drug-likeness (QED) is 0.879. The summed E-state index contributed by atoms with van der Waals surface area (Å²) in [4.78, 5) is 4.30. The minimum Gasteiger partial charge on any atom is -0.337 e. The Labute approximate surface area is 127 Å². The lowest BCUT2D eigenvalue weighted by Crippen LogP contribution is -2.51. The number of rotatable bonds is 5. The second kappa shape index (κ2) is 6.46. The second-order valence-electron chi connectivity index (χ2n) is 6.16. The number of aryl methyl sites for hydroxylation is 1. The molecule has 0 spiro atoms. The lowest BCUT2D eigenvalue weighted by Gasteiger charge is -2.37. The van der Waals surface area contributed by atoms with E-state index in [1.165, 1.54) is 0 Å². The fourth-order valence-corrected chi connectivity index (χ4v) is 4.13. The largest absolute Gasteiger partial charge is 0.337 e. The molecule has 0 aromatic carbocycles. The van der Waals surface area contributed by atoms with Crippen LogP contribution < -0.4 is 5.32 Å². The Bertz CT molecular complexity index is 567. The molecular weight excluding hydrogens is 288 g/mol. The third kappa shape index (κ3) is 3.64. The molecule has 120 valence electrons. The molecule has 1 aromatic rings. The number of aromatic nitrogens is 2. The lowest BCUT2D eigenvalue weighted by atomic mass is 9.95. The van der Waals surface area contributed by atoms with Gasteiger partial charge in [-0.2, -0.15) is 0 Å². The number of imidazole rings is 1. The van der Waals surface area contributed by atoms with Gasteiger partial charge in [-0.1, -0.05) is 6.92 Å². The van der Waals surface area contributed by atoms with E-state index in [1.807, 2.05) is 17.8 Å². The highest BCUT2D eigenvalue weighted by molar-refractivity contribution is 7.89. The highest BCUT2D eigenvalue weighted by atomic mass is 32.2. The van der Waals surface area contributed by atoms with Gasteiger partial charge in [0.15, 0.2) is 0 Å². The van der Waals surface area contributed by atoms with Crippen LogP contribution in [0.5, 0.6) is 0 Å². The molecule has 1 aromatic heterocycles. The van der Waals surface area contributed by atoms with E-state index < -0.39 is 10.0 Å². The molecule has 0 aliphatic carbocycles.